The largest absolute Gasteiger partial charge is 0.476 e. The Balaban J connectivity index is 1.73. The van der Waals surface area contributed by atoms with Crippen LogP contribution in [0.3, 0.4) is 0 Å². The van der Waals surface area contributed by atoms with Crippen LogP contribution in [0.1, 0.15) is 10.5 Å². The molecule has 0 unspecified atom stereocenters. The number of hydrogen-bond acceptors (Lipinski definition) is 4. The molecule has 2 aromatic carbocycles. The Morgan fingerprint density at radius 3 is 2.50 bits per heavy atom. The molecule has 2 heterocycles. The fourth-order valence-electron chi connectivity index (χ4n) is 2.59. The summed E-state index contributed by atoms with van der Waals surface area (Å²) in [7, 11) is 0. The van der Waals surface area contributed by atoms with Gasteiger partial charge in [-0.15, -0.1) is 11.3 Å². The van der Waals surface area contributed by atoms with E-state index in [1.54, 1.807) is 10.9 Å². The van der Waals surface area contributed by atoms with Crippen molar-refractivity contribution in [3.8, 4) is 27.5 Å². The van der Waals surface area contributed by atoms with Crippen molar-refractivity contribution >= 4 is 33.2 Å². The van der Waals surface area contributed by atoms with E-state index in [9.17, 15) is 4.79 Å². The minimum absolute atomic E-state index is 0.0178. The molecule has 0 saturated carbocycles. The fraction of sp³-hybridized carbons (Fsp3) is 0. The van der Waals surface area contributed by atoms with Crippen molar-refractivity contribution in [1.29, 1.82) is 0 Å². The van der Waals surface area contributed by atoms with Crippen LogP contribution in [0.5, 0.6) is 0 Å². The van der Waals surface area contributed by atoms with Crippen LogP contribution in [-0.2, 0) is 0 Å². The van der Waals surface area contributed by atoms with Gasteiger partial charge >= 0.3 is 5.97 Å². The summed E-state index contributed by atoms with van der Waals surface area (Å²) >= 11 is 4.78. The SMILES string of the molecule is O=C(O)c1csc(-n2cc(Br)c(-c3cccc(-c4ccccc4)c3)n2)n1. The van der Waals surface area contributed by atoms with E-state index in [0.717, 1.165) is 26.9 Å². The van der Waals surface area contributed by atoms with Crippen molar-refractivity contribution in [3.63, 3.8) is 0 Å². The topological polar surface area (TPSA) is 68.0 Å². The minimum Gasteiger partial charge on any atom is -0.476 e. The van der Waals surface area contributed by atoms with Crippen LogP contribution in [0.15, 0.2) is 70.6 Å². The molecule has 0 atom stereocenters. The molecule has 0 fully saturated rings. The van der Waals surface area contributed by atoms with E-state index >= 15 is 0 Å². The second-order valence-electron chi connectivity index (χ2n) is 5.54. The molecule has 0 spiro atoms. The Bertz CT molecular complexity index is 1090. The molecule has 0 radical (unpaired) electrons. The quantitative estimate of drug-likeness (QED) is 0.492. The first-order valence-electron chi connectivity index (χ1n) is 7.72. The van der Waals surface area contributed by atoms with E-state index in [-0.39, 0.29) is 5.69 Å². The van der Waals surface area contributed by atoms with Crippen LogP contribution in [0.25, 0.3) is 27.5 Å². The maximum absolute atomic E-state index is 11.0. The number of hydrogen-bond donors (Lipinski definition) is 1. The van der Waals surface area contributed by atoms with Crippen LogP contribution in [0, 0.1) is 0 Å². The lowest BCUT2D eigenvalue weighted by Gasteiger charge is -2.04. The van der Waals surface area contributed by atoms with Gasteiger partial charge in [0.2, 0.25) is 5.13 Å². The van der Waals surface area contributed by atoms with E-state index < -0.39 is 5.97 Å². The summed E-state index contributed by atoms with van der Waals surface area (Å²) in [5, 5.41) is 15.6. The Hall–Kier alpha value is -2.77. The lowest BCUT2D eigenvalue weighted by atomic mass is 10.0. The number of aromatic nitrogens is 3. The number of halogens is 1. The molecule has 0 saturated heterocycles. The van der Waals surface area contributed by atoms with Gasteiger partial charge in [-0.3, -0.25) is 0 Å². The maximum atomic E-state index is 11.0. The van der Waals surface area contributed by atoms with Gasteiger partial charge in [-0.05, 0) is 33.1 Å². The van der Waals surface area contributed by atoms with Gasteiger partial charge in [0, 0.05) is 17.1 Å². The Morgan fingerprint density at radius 2 is 1.77 bits per heavy atom. The summed E-state index contributed by atoms with van der Waals surface area (Å²) in [6, 6.07) is 18.3. The monoisotopic (exact) mass is 425 g/mol. The molecular formula is C19H12BrN3O2S. The maximum Gasteiger partial charge on any atom is 0.355 e. The van der Waals surface area contributed by atoms with Crippen molar-refractivity contribution in [2.45, 2.75) is 0 Å². The summed E-state index contributed by atoms with van der Waals surface area (Å²) in [6.45, 7) is 0. The van der Waals surface area contributed by atoms with E-state index in [2.05, 4.69) is 50.3 Å². The molecule has 26 heavy (non-hydrogen) atoms. The highest BCUT2D eigenvalue weighted by atomic mass is 79.9. The molecule has 4 rings (SSSR count). The average Bonchev–Trinajstić information content (AvgIpc) is 3.29. The number of carbonyl (C=O) groups is 1. The number of thiazole rings is 1. The second-order valence-corrected chi connectivity index (χ2v) is 7.23. The van der Waals surface area contributed by atoms with E-state index in [0.29, 0.717) is 5.13 Å². The Morgan fingerprint density at radius 1 is 1.04 bits per heavy atom. The third-order valence-corrected chi connectivity index (χ3v) is 5.23. The smallest absolute Gasteiger partial charge is 0.355 e. The van der Waals surface area contributed by atoms with E-state index in [1.807, 2.05) is 30.3 Å². The van der Waals surface area contributed by atoms with Gasteiger partial charge in [0.05, 0.1) is 4.47 Å². The zero-order valence-electron chi connectivity index (χ0n) is 13.3. The van der Waals surface area contributed by atoms with E-state index in [1.165, 1.54) is 16.7 Å². The minimum atomic E-state index is -1.05. The standard InChI is InChI=1S/C19H12BrN3O2S/c20-15-10-23(19-21-16(11-26-19)18(24)25)22-17(15)14-8-4-7-13(9-14)12-5-2-1-3-6-12/h1-11H,(H,24,25). The zero-order valence-corrected chi connectivity index (χ0v) is 15.7. The summed E-state index contributed by atoms with van der Waals surface area (Å²) in [6.07, 6.45) is 1.79. The van der Waals surface area contributed by atoms with Crippen molar-refractivity contribution < 1.29 is 9.90 Å². The van der Waals surface area contributed by atoms with Gasteiger partial charge in [-0.2, -0.15) is 5.10 Å². The first-order chi connectivity index (χ1) is 12.6. The molecule has 0 bridgehead atoms. The van der Waals surface area contributed by atoms with Gasteiger partial charge in [0.25, 0.3) is 0 Å². The van der Waals surface area contributed by atoms with Crippen molar-refractivity contribution in [1.82, 2.24) is 14.8 Å². The van der Waals surface area contributed by atoms with Gasteiger partial charge in [0.1, 0.15) is 5.69 Å². The number of rotatable bonds is 4. The van der Waals surface area contributed by atoms with Crippen LogP contribution in [0.2, 0.25) is 0 Å². The fourth-order valence-corrected chi connectivity index (χ4v) is 3.82. The number of carboxylic acids is 1. The van der Waals surface area contributed by atoms with E-state index in [4.69, 9.17) is 5.11 Å². The van der Waals surface area contributed by atoms with Gasteiger partial charge in [-0.1, -0.05) is 48.5 Å². The molecule has 5 nitrogen and oxygen atoms in total. The molecule has 128 valence electrons. The van der Waals surface area contributed by atoms with Crippen LogP contribution >= 0.6 is 27.3 Å². The molecule has 4 aromatic rings. The molecule has 7 heteroatoms. The predicted molar refractivity (Wildman–Crippen MR) is 105 cm³/mol. The van der Waals surface area contributed by atoms with Crippen molar-refractivity contribution in [2.24, 2.45) is 0 Å². The molecule has 0 amide bonds. The van der Waals surface area contributed by atoms with Crippen molar-refractivity contribution in [3.05, 3.63) is 76.3 Å². The third-order valence-electron chi connectivity index (χ3n) is 3.82. The molecule has 1 N–H and O–H groups in total. The number of carboxylic acid groups (broad SMARTS) is 1. The molecule has 0 aliphatic rings. The third kappa shape index (κ3) is 3.18. The van der Waals surface area contributed by atoms with Gasteiger partial charge in [0.15, 0.2) is 5.69 Å². The summed E-state index contributed by atoms with van der Waals surface area (Å²) in [5.74, 6) is -1.05. The molecule has 2 aromatic heterocycles. The summed E-state index contributed by atoms with van der Waals surface area (Å²) in [4.78, 5) is 15.1. The summed E-state index contributed by atoms with van der Waals surface area (Å²) < 4.78 is 2.40. The first kappa shape index (κ1) is 16.7. The van der Waals surface area contributed by atoms with Crippen LogP contribution < -0.4 is 0 Å². The van der Waals surface area contributed by atoms with Gasteiger partial charge < -0.3 is 5.11 Å². The lowest BCUT2D eigenvalue weighted by Crippen LogP contribution is -1.99. The molecular weight excluding hydrogens is 414 g/mol. The first-order valence-corrected chi connectivity index (χ1v) is 9.39. The second kappa shape index (κ2) is 6.86. The Kier molecular flexibility index (Phi) is 4.40. The number of benzene rings is 2. The summed E-state index contributed by atoms with van der Waals surface area (Å²) in [5.41, 5.74) is 3.99. The Labute approximate surface area is 161 Å². The lowest BCUT2D eigenvalue weighted by molar-refractivity contribution is 0.0691. The van der Waals surface area contributed by atoms with Crippen LogP contribution in [0.4, 0.5) is 0 Å². The van der Waals surface area contributed by atoms with Crippen molar-refractivity contribution in [2.75, 3.05) is 0 Å². The van der Waals surface area contributed by atoms with Crippen LogP contribution in [-0.4, -0.2) is 25.8 Å². The number of aromatic carboxylic acids is 1. The number of nitrogens with zero attached hydrogens (tertiary/aromatic N) is 3. The highest BCUT2D eigenvalue weighted by Gasteiger charge is 2.15. The predicted octanol–water partition coefficient (Wildman–Crippen LogP) is 5.12. The molecule has 0 aliphatic heterocycles. The normalized spacial score (nSPS) is 10.8. The zero-order chi connectivity index (χ0) is 18.1. The van der Waals surface area contributed by atoms with Gasteiger partial charge in [-0.25, -0.2) is 14.5 Å². The highest BCUT2D eigenvalue weighted by Crippen LogP contribution is 2.31. The molecule has 0 aliphatic carbocycles. The average molecular weight is 426 g/mol. The highest BCUT2D eigenvalue weighted by molar-refractivity contribution is 9.10.